The van der Waals surface area contributed by atoms with Gasteiger partial charge in [0, 0.05) is 30.3 Å². The maximum atomic E-state index is 13.5. The molecule has 158 valence electrons. The van der Waals surface area contributed by atoms with Crippen molar-refractivity contribution in [2.75, 3.05) is 18.5 Å². The molecule has 9 heteroatoms. The molecule has 3 N–H and O–H groups in total. The third kappa shape index (κ3) is 2.61. The van der Waals surface area contributed by atoms with Crippen LogP contribution in [-0.4, -0.2) is 59.0 Å². The fourth-order valence-corrected chi connectivity index (χ4v) is 5.52. The van der Waals surface area contributed by atoms with Crippen molar-refractivity contribution in [3.05, 3.63) is 29.8 Å². The first-order chi connectivity index (χ1) is 14.4. The average Bonchev–Trinajstić information content (AvgIpc) is 3.46. The van der Waals surface area contributed by atoms with Crippen LogP contribution in [0.2, 0.25) is 0 Å². The molecule has 5 atom stereocenters. The Morgan fingerprint density at radius 1 is 1.23 bits per heavy atom. The molecule has 3 saturated heterocycles. The van der Waals surface area contributed by atoms with Gasteiger partial charge in [-0.05, 0) is 25.3 Å². The zero-order valence-corrected chi connectivity index (χ0v) is 16.3. The summed E-state index contributed by atoms with van der Waals surface area (Å²) in [5.74, 6) is -3.80. The van der Waals surface area contributed by atoms with Gasteiger partial charge in [-0.3, -0.25) is 29.4 Å². The Bertz CT molecular complexity index is 942. The first-order valence-electron chi connectivity index (χ1n) is 10.3. The number of hydrogen-bond acceptors (Lipinski definition) is 6. The van der Waals surface area contributed by atoms with Crippen molar-refractivity contribution in [3.63, 3.8) is 0 Å². The molecule has 4 aliphatic rings. The van der Waals surface area contributed by atoms with Crippen LogP contribution in [0.15, 0.2) is 24.3 Å². The molecule has 30 heavy (non-hydrogen) atoms. The highest BCUT2D eigenvalue weighted by Gasteiger charge is 2.70. The molecule has 4 aliphatic heterocycles. The van der Waals surface area contributed by atoms with Gasteiger partial charge in [0.05, 0.1) is 24.5 Å². The minimum absolute atomic E-state index is 0.153. The van der Waals surface area contributed by atoms with E-state index >= 15 is 0 Å². The van der Waals surface area contributed by atoms with Crippen LogP contribution < -0.4 is 10.6 Å². The summed E-state index contributed by atoms with van der Waals surface area (Å²) < 4.78 is 5.62. The number of carbonyl (C=O) groups excluding carboxylic acids is 3. The van der Waals surface area contributed by atoms with Gasteiger partial charge in [0.2, 0.25) is 17.7 Å². The van der Waals surface area contributed by atoms with Gasteiger partial charge in [0.15, 0.2) is 0 Å². The Balaban J connectivity index is 1.55. The standard InChI is InChI=1S/C21H23N3O6/c25-15(26)8-7-14-16-17(19(28)24(18(16)27)10-11-4-3-9-30-11)21(23-14)12-5-1-2-6-13(12)22-20(21)29/h1-2,5-6,11,14,16-17,23H,3-4,7-10H2,(H,22,29)(H,25,26)/t11-,14-,16+,17-,21-/m0/s1. The predicted molar refractivity (Wildman–Crippen MR) is 103 cm³/mol. The van der Waals surface area contributed by atoms with Gasteiger partial charge in [0.1, 0.15) is 5.54 Å². The Hall–Kier alpha value is -2.78. The normalized spacial score (nSPS) is 34.5. The Morgan fingerprint density at radius 2 is 2.03 bits per heavy atom. The second-order valence-electron chi connectivity index (χ2n) is 8.42. The number of amides is 3. The number of fused-ring (bicyclic) bond motifs is 4. The molecule has 5 rings (SSSR count). The molecule has 9 nitrogen and oxygen atoms in total. The number of anilines is 1. The van der Waals surface area contributed by atoms with E-state index in [9.17, 15) is 19.2 Å². The van der Waals surface area contributed by atoms with E-state index in [1.54, 1.807) is 24.3 Å². The van der Waals surface area contributed by atoms with Crippen LogP contribution in [0.4, 0.5) is 5.69 Å². The van der Waals surface area contributed by atoms with Gasteiger partial charge in [-0.2, -0.15) is 0 Å². The Labute approximate surface area is 172 Å². The number of carboxylic acids is 1. The summed E-state index contributed by atoms with van der Waals surface area (Å²) in [6.45, 7) is 0.784. The molecular formula is C21H23N3O6. The number of benzene rings is 1. The molecule has 0 unspecified atom stereocenters. The number of rotatable bonds is 5. The lowest BCUT2D eigenvalue weighted by Gasteiger charge is -2.30. The van der Waals surface area contributed by atoms with Gasteiger partial charge < -0.3 is 15.2 Å². The van der Waals surface area contributed by atoms with E-state index in [0.717, 1.165) is 12.8 Å². The van der Waals surface area contributed by atoms with E-state index in [1.165, 1.54) is 4.90 Å². The number of ether oxygens (including phenoxy) is 1. The van der Waals surface area contributed by atoms with Crippen molar-refractivity contribution < 1.29 is 29.0 Å². The number of nitrogens with zero attached hydrogens (tertiary/aromatic N) is 1. The maximum absolute atomic E-state index is 13.5. The monoisotopic (exact) mass is 413 g/mol. The van der Waals surface area contributed by atoms with Crippen LogP contribution >= 0.6 is 0 Å². The van der Waals surface area contributed by atoms with Crippen molar-refractivity contribution in [1.82, 2.24) is 10.2 Å². The second-order valence-corrected chi connectivity index (χ2v) is 8.42. The summed E-state index contributed by atoms with van der Waals surface area (Å²) >= 11 is 0. The zero-order valence-electron chi connectivity index (χ0n) is 16.3. The summed E-state index contributed by atoms with van der Waals surface area (Å²) in [7, 11) is 0. The number of para-hydroxylation sites is 1. The first-order valence-corrected chi connectivity index (χ1v) is 10.3. The van der Waals surface area contributed by atoms with Gasteiger partial charge in [-0.1, -0.05) is 18.2 Å². The molecule has 0 saturated carbocycles. The second kappa shape index (κ2) is 6.88. The van der Waals surface area contributed by atoms with E-state index in [2.05, 4.69) is 10.6 Å². The van der Waals surface area contributed by atoms with Crippen molar-refractivity contribution in [2.45, 2.75) is 43.4 Å². The molecule has 1 spiro atoms. The first kappa shape index (κ1) is 19.2. The molecule has 0 radical (unpaired) electrons. The summed E-state index contributed by atoms with van der Waals surface area (Å²) in [6.07, 6.45) is 1.47. The molecule has 3 amide bonds. The van der Waals surface area contributed by atoms with Crippen LogP contribution in [-0.2, 0) is 29.5 Å². The minimum Gasteiger partial charge on any atom is -0.481 e. The van der Waals surface area contributed by atoms with E-state index in [-0.39, 0.29) is 37.3 Å². The molecule has 0 aliphatic carbocycles. The molecule has 1 aromatic carbocycles. The van der Waals surface area contributed by atoms with Crippen molar-refractivity contribution in [1.29, 1.82) is 0 Å². The summed E-state index contributed by atoms with van der Waals surface area (Å²) in [5, 5.41) is 15.2. The van der Waals surface area contributed by atoms with Gasteiger partial charge in [-0.15, -0.1) is 0 Å². The van der Waals surface area contributed by atoms with Crippen molar-refractivity contribution in [3.8, 4) is 0 Å². The van der Waals surface area contributed by atoms with Crippen molar-refractivity contribution >= 4 is 29.4 Å². The maximum Gasteiger partial charge on any atom is 0.303 e. The van der Waals surface area contributed by atoms with Crippen LogP contribution in [0.5, 0.6) is 0 Å². The van der Waals surface area contributed by atoms with Gasteiger partial charge >= 0.3 is 5.97 Å². The number of aliphatic carboxylic acids is 1. The van der Waals surface area contributed by atoms with Gasteiger partial charge in [0.25, 0.3) is 0 Å². The van der Waals surface area contributed by atoms with Crippen molar-refractivity contribution in [2.24, 2.45) is 11.8 Å². The van der Waals surface area contributed by atoms with E-state index in [0.29, 0.717) is 17.9 Å². The van der Waals surface area contributed by atoms with Crippen LogP contribution in [0.3, 0.4) is 0 Å². The highest BCUT2D eigenvalue weighted by molar-refractivity contribution is 6.15. The quantitative estimate of drug-likeness (QED) is 0.599. The fourth-order valence-electron chi connectivity index (χ4n) is 5.52. The summed E-state index contributed by atoms with van der Waals surface area (Å²) in [4.78, 5) is 52.4. The van der Waals surface area contributed by atoms with E-state index < -0.39 is 35.3 Å². The highest BCUT2D eigenvalue weighted by atomic mass is 16.5. The molecular weight excluding hydrogens is 390 g/mol. The number of imide groups is 1. The van der Waals surface area contributed by atoms with Crippen LogP contribution in [0.25, 0.3) is 0 Å². The third-order valence-electron chi connectivity index (χ3n) is 6.79. The van der Waals surface area contributed by atoms with E-state index in [4.69, 9.17) is 9.84 Å². The Morgan fingerprint density at radius 3 is 2.77 bits per heavy atom. The number of carbonyl (C=O) groups is 4. The number of nitrogens with one attached hydrogen (secondary N) is 2. The average molecular weight is 413 g/mol. The molecule has 0 bridgehead atoms. The predicted octanol–water partition coefficient (Wildman–Crippen LogP) is 0.451. The SMILES string of the molecule is O=C(O)CC[C@@H]1N[C@]2(C(=O)Nc3ccccc32)[C@@H]2C(=O)N(C[C@@H]3CCCO3)C(=O)[C@H]12. The summed E-state index contributed by atoms with van der Waals surface area (Å²) in [5.41, 5.74) is -0.143. The minimum atomic E-state index is -1.37. The molecule has 0 aromatic heterocycles. The molecule has 1 aromatic rings. The Kier molecular flexibility index (Phi) is 4.41. The lowest BCUT2D eigenvalue weighted by molar-refractivity contribution is -0.144. The zero-order chi connectivity index (χ0) is 21.0. The third-order valence-corrected chi connectivity index (χ3v) is 6.79. The highest BCUT2D eigenvalue weighted by Crippen LogP contribution is 2.53. The van der Waals surface area contributed by atoms with Gasteiger partial charge in [-0.25, -0.2) is 0 Å². The van der Waals surface area contributed by atoms with Crippen LogP contribution in [0.1, 0.15) is 31.2 Å². The molecule has 3 fully saturated rings. The molecule has 4 heterocycles. The lowest BCUT2D eigenvalue weighted by Crippen LogP contribution is -2.53. The largest absolute Gasteiger partial charge is 0.481 e. The number of hydrogen-bond donors (Lipinski definition) is 3. The summed E-state index contributed by atoms with van der Waals surface area (Å²) in [6, 6.07) is 6.52. The van der Waals surface area contributed by atoms with E-state index in [1.807, 2.05) is 0 Å². The topological polar surface area (TPSA) is 125 Å². The number of carboxylic acid groups (broad SMARTS) is 1. The smallest absolute Gasteiger partial charge is 0.303 e. The van der Waals surface area contributed by atoms with Crippen LogP contribution in [0, 0.1) is 11.8 Å². The number of likely N-dealkylation sites (tertiary alicyclic amines) is 1. The fraction of sp³-hybridized carbons (Fsp3) is 0.524. The lowest BCUT2D eigenvalue weighted by atomic mass is 9.76.